The molecular weight excluding hydrogens is 290 g/mol. The minimum absolute atomic E-state index is 0.782. The number of ether oxygens (including phenoxy) is 1. The number of hydrogen-bond donors (Lipinski definition) is 0. The Morgan fingerprint density at radius 1 is 1.22 bits per heavy atom. The van der Waals surface area contributed by atoms with Gasteiger partial charge in [0.15, 0.2) is 0 Å². The molecule has 1 fully saturated rings. The average Bonchev–Trinajstić information content (AvgIpc) is 2.93. The molecule has 0 bridgehead atoms. The predicted octanol–water partition coefficient (Wildman–Crippen LogP) is 3.83. The van der Waals surface area contributed by atoms with Gasteiger partial charge in [-0.1, -0.05) is 40.9 Å². The van der Waals surface area contributed by atoms with E-state index in [1.807, 2.05) is 0 Å². The summed E-state index contributed by atoms with van der Waals surface area (Å²) in [6, 6.07) is 9.24. The normalized spacial score (nSPS) is 16.4. The molecule has 0 atom stereocenters. The summed E-state index contributed by atoms with van der Waals surface area (Å²) >= 11 is 3.57. The average molecular weight is 312 g/mol. The zero-order valence-corrected chi connectivity index (χ0v) is 12.7. The van der Waals surface area contributed by atoms with E-state index in [9.17, 15) is 0 Å². The first kappa shape index (κ1) is 13.9. The molecule has 3 heteroatoms. The van der Waals surface area contributed by atoms with Crippen molar-refractivity contribution in [2.45, 2.75) is 38.3 Å². The van der Waals surface area contributed by atoms with E-state index in [4.69, 9.17) is 4.74 Å². The van der Waals surface area contributed by atoms with Crippen LogP contribution >= 0.6 is 15.9 Å². The second-order valence-corrected chi connectivity index (χ2v) is 5.74. The standard InChI is InChI=1S/C15H22BrNO/c1-18-15-8-6-13(7-9-15)12-17(11-10-16)14-4-2-3-5-14/h6-9,14H,2-5,10-12H2,1H3. The van der Waals surface area contributed by atoms with Gasteiger partial charge in [0.25, 0.3) is 0 Å². The SMILES string of the molecule is COc1ccc(CN(CCBr)C2CCCC2)cc1. The van der Waals surface area contributed by atoms with Gasteiger partial charge < -0.3 is 4.74 Å². The lowest BCUT2D eigenvalue weighted by Gasteiger charge is -2.28. The van der Waals surface area contributed by atoms with Gasteiger partial charge in [-0.2, -0.15) is 0 Å². The zero-order valence-electron chi connectivity index (χ0n) is 11.1. The molecule has 0 heterocycles. The fourth-order valence-electron chi connectivity index (χ4n) is 2.73. The van der Waals surface area contributed by atoms with Crippen LogP contribution in [0.1, 0.15) is 31.2 Å². The molecule has 2 nitrogen and oxygen atoms in total. The zero-order chi connectivity index (χ0) is 12.8. The third-order valence-corrected chi connectivity index (χ3v) is 4.11. The number of nitrogens with zero attached hydrogens (tertiary/aromatic N) is 1. The van der Waals surface area contributed by atoms with E-state index < -0.39 is 0 Å². The van der Waals surface area contributed by atoms with Crippen molar-refractivity contribution in [2.75, 3.05) is 19.0 Å². The Morgan fingerprint density at radius 3 is 2.44 bits per heavy atom. The van der Waals surface area contributed by atoms with Crippen molar-refractivity contribution >= 4 is 15.9 Å². The third-order valence-electron chi connectivity index (χ3n) is 3.76. The van der Waals surface area contributed by atoms with Crippen molar-refractivity contribution in [1.29, 1.82) is 0 Å². The molecule has 0 aromatic heterocycles. The summed E-state index contributed by atoms with van der Waals surface area (Å²) < 4.78 is 5.20. The summed E-state index contributed by atoms with van der Waals surface area (Å²) in [5, 5.41) is 1.06. The van der Waals surface area contributed by atoms with E-state index in [1.54, 1.807) is 7.11 Å². The van der Waals surface area contributed by atoms with Gasteiger partial charge in [0.1, 0.15) is 5.75 Å². The lowest BCUT2D eigenvalue weighted by molar-refractivity contribution is 0.202. The molecule has 0 aliphatic heterocycles. The summed E-state index contributed by atoms with van der Waals surface area (Å²) in [5.74, 6) is 0.937. The van der Waals surface area contributed by atoms with Crippen LogP contribution in [-0.2, 0) is 6.54 Å². The number of halogens is 1. The van der Waals surface area contributed by atoms with Crippen molar-refractivity contribution in [3.8, 4) is 5.75 Å². The molecular formula is C15H22BrNO. The molecule has 0 N–H and O–H groups in total. The maximum atomic E-state index is 5.20. The largest absolute Gasteiger partial charge is 0.497 e. The van der Waals surface area contributed by atoms with Crippen LogP contribution in [0.15, 0.2) is 24.3 Å². The highest BCUT2D eigenvalue weighted by Crippen LogP contribution is 2.25. The number of benzene rings is 1. The lowest BCUT2D eigenvalue weighted by atomic mass is 10.1. The Labute approximate surface area is 118 Å². The lowest BCUT2D eigenvalue weighted by Crippen LogP contribution is -2.34. The number of alkyl halides is 1. The summed E-state index contributed by atoms with van der Waals surface area (Å²) in [7, 11) is 1.71. The van der Waals surface area contributed by atoms with Gasteiger partial charge in [-0.25, -0.2) is 0 Å². The van der Waals surface area contributed by atoms with Crippen LogP contribution in [-0.4, -0.2) is 29.9 Å². The molecule has 0 spiro atoms. The summed E-state index contributed by atoms with van der Waals surface area (Å²) in [5.41, 5.74) is 1.38. The van der Waals surface area contributed by atoms with Crippen LogP contribution in [0.3, 0.4) is 0 Å². The molecule has 1 saturated carbocycles. The van der Waals surface area contributed by atoms with Crippen molar-refractivity contribution in [2.24, 2.45) is 0 Å². The summed E-state index contributed by atoms with van der Waals surface area (Å²) in [6.07, 6.45) is 5.52. The Bertz CT molecular complexity index is 346. The van der Waals surface area contributed by atoms with Crippen LogP contribution in [0.2, 0.25) is 0 Å². The highest BCUT2D eigenvalue weighted by molar-refractivity contribution is 9.09. The molecule has 0 radical (unpaired) electrons. The Balaban J connectivity index is 1.98. The summed E-state index contributed by atoms with van der Waals surface area (Å²) in [4.78, 5) is 2.61. The molecule has 1 aromatic carbocycles. The van der Waals surface area contributed by atoms with Crippen molar-refractivity contribution < 1.29 is 4.74 Å². The van der Waals surface area contributed by atoms with Crippen LogP contribution < -0.4 is 4.74 Å². The maximum Gasteiger partial charge on any atom is 0.118 e. The quantitative estimate of drug-likeness (QED) is 0.740. The number of hydrogen-bond acceptors (Lipinski definition) is 2. The first-order valence-corrected chi connectivity index (χ1v) is 7.88. The first-order chi connectivity index (χ1) is 8.83. The topological polar surface area (TPSA) is 12.5 Å². The van der Waals surface area contributed by atoms with E-state index in [2.05, 4.69) is 45.1 Å². The molecule has 0 amide bonds. The molecule has 0 saturated heterocycles. The van der Waals surface area contributed by atoms with Crippen molar-refractivity contribution in [1.82, 2.24) is 4.90 Å². The second-order valence-electron chi connectivity index (χ2n) is 4.95. The molecule has 1 aromatic rings. The fourth-order valence-corrected chi connectivity index (χ4v) is 3.19. The predicted molar refractivity (Wildman–Crippen MR) is 79.5 cm³/mol. The number of methoxy groups -OCH3 is 1. The monoisotopic (exact) mass is 311 g/mol. The molecule has 1 aliphatic rings. The van der Waals surface area contributed by atoms with Crippen molar-refractivity contribution in [3.63, 3.8) is 0 Å². The third kappa shape index (κ3) is 3.72. The highest BCUT2D eigenvalue weighted by atomic mass is 79.9. The van der Waals surface area contributed by atoms with E-state index in [1.165, 1.54) is 31.2 Å². The van der Waals surface area contributed by atoms with Gasteiger partial charge in [0.2, 0.25) is 0 Å². The van der Waals surface area contributed by atoms with Crippen LogP contribution in [0.4, 0.5) is 0 Å². The van der Waals surface area contributed by atoms with Gasteiger partial charge in [0, 0.05) is 24.5 Å². The van der Waals surface area contributed by atoms with Gasteiger partial charge in [-0.15, -0.1) is 0 Å². The molecule has 1 aliphatic carbocycles. The minimum Gasteiger partial charge on any atom is -0.497 e. The van der Waals surface area contributed by atoms with E-state index in [0.29, 0.717) is 0 Å². The van der Waals surface area contributed by atoms with Gasteiger partial charge in [-0.3, -0.25) is 4.90 Å². The van der Waals surface area contributed by atoms with E-state index >= 15 is 0 Å². The molecule has 0 unspecified atom stereocenters. The Kier molecular flexibility index (Phi) is 5.51. The van der Waals surface area contributed by atoms with E-state index in [-0.39, 0.29) is 0 Å². The minimum atomic E-state index is 0.782. The highest BCUT2D eigenvalue weighted by Gasteiger charge is 2.21. The molecule has 2 rings (SSSR count). The number of rotatable bonds is 6. The first-order valence-electron chi connectivity index (χ1n) is 6.76. The van der Waals surface area contributed by atoms with Crippen LogP contribution in [0, 0.1) is 0 Å². The molecule has 100 valence electrons. The van der Waals surface area contributed by atoms with Crippen molar-refractivity contribution in [3.05, 3.63) is 29.8 Å². The van der Waals surface area contributed by atoms with Crippen LogP contribution in [0.25, 0.3) is 0 Å². The second kappa shape index (κ2) is 7.15. The van der Waals surface area contributed by atoms with Gasteiger partial charge in [-0.05, 0) is 30.5 Å². The fraction of sp³-hybridized carbons (Fsp3) is 0.600. The smallest absolute Gasteiger partial charge is 0.118 e. The van der Waals surface area contributed by atoms with Gasteiger partial charge in [0.05, 0.1) is 7.11 Å². The Morgan fingerprint density at radius 2 is 1.89 bits per heavy atom. The van der Waals surface area contributed by atoms with E-state index in [0.717, 1.165) is 30.2 Å². The Hall–Kier alpha value is -0.540. The summed E-state index contributed by atoms with van der Waals surface area (Å²) in [6.45, 7) is 2.19. The molecule has 18 heavy (non-hydrogen) atoms. The van der Waals surface area contributed by atoms with Gasteiger partial charge >= 0.3 is 0 Å². The van der Waals surface area contributed by atoms with Crippen LogP contribution in [0.5, 0.6) is 5.75 Å². The maximum absolute atomic E-state index is 5.20.